The van der Waals surface area contributed by atoms with Gasteiger partial charge in [-0.15, -0.1) is 0 Å². The van der Waals surface area contributed by atoms with Gasteiger partial charge in [-0.05, 0) is 36.6 Å². The van der Waals surface area contributed by atoms with Gasteiger partial charge in [0.1, 0.15) is 0 Å². The lowest BCUT2D eigenvalue weighted by molar-refractivity contribution is -0.115. The molecule has 0 atom stereocenters. The van der Waals surface area contributed by atoms with Crippen molar-refractivity contribution >= 4 is 17.5 Å². The third-order valence-corrected chi connectivity index (χ3v) is 4.74. The van der Waals surface area contributed by atoms with Crippen molar-refractivity contribution < 1.29 is 9.59 Å². The normalized spacial score (nSPS) is 14.4. The Morgan fingerprint density at radius 3 is 2.37 bits per heavy atom. The fraction of sp³-hybridized carbons (Fsp3) is 0.364. The van der Waals surface area contributed by atoms with Crippen molar-refractivity contribution in [3.63, 3.8) is 0 Å². The van der Waals surface area contributed by atoms with E-state index in [1.54, 1.807) is 6.07 Å². The molecule has 2 N–H and O–H groups in total. The lowest BCUT2D eigenvalue weighted by Gasteiger charge is -2.20. The number of anilines is 1. The molecule has 0 aromatic heterocycles. The average Bonchev–Trinajstić information content (AvgIpc) is 2.98. The number of hydrogen-bond acceptors (Lipinski definition) is 3. The highest BCUT2D eigenvalue weighted by atomic mass is 16.2. The molecule has 1 aliphatic rings. The number of benzene rings is 2. The molecule has 2 aromatic carbocycles. The highest BCUT2D eigenvalue weighted by molar-refractivity contribution is 5.97. The molecule has 0 radical (unpaired) electrons. The van der Waals surface area contributed by atoms with Crippen LogP contribution in [0.3, 0.4) is 0 Å². The number of carbonyl (C=O) groups is 2. The Kier molecular flexibility index (Phi) is 6.99. The summed E-state index contributed by atoms with van der Waals surface area (Å²) in [6, 6.07) is 17.2. The molecule has 1 aliphatic heterocycles. The quantitative estimate of drug-likeness (QED) is 0.824. The van der Waals surface area contributed by atoms with Crippen LogP contribution in [-0.4, -0.2) is 36.3 Å². The van der Waals surface area contributed by atoms with Crippen LogP contribution in [0.2, 0.25) is 0 Å². The van der Waals surface area contributed by atoms with Crippen LogP contribution in [0.15, 0.2) is 54.6 Å². The van der Waals surface area contributed by atoms with Crippen LogP contribution in [0.25, 0.3) is 0 Å². The zero-order chi connectivity index (χ0) is 18.9. The molecule has 0 saturated carbocycles. The van der Waals surface area contributed by atoms with Gasteiger partial charge in [-0.1, -0.05) is 49.2 Å². The fourth-order valence-corrected chi connectivity index (χ4v) is 3.31. The summed E-state index contributed by atoms with van der Waals surface area (Å²) in [5, 5.41) is 6.00. The van der Waals surface area contributed by atoms with E-state index in [1.165, 1.54) is 12.8 Å². The van der Waals surface area contributed by atoms with Gasteiger partial charge >= 0.3 is 0 Å². The molecule has 1 saturated heterocycles. The highest BCUT2D eigenvalue weighted by Gasteiger charge is 2.17. The predicted molar refractivity (Wildman–Crippen MR) is 108 cm³/mol. The Labute approximate surface area is 160 Å². The van der Waals surface area contributed by atoms with E-state index in [2.05, 4.69) is 10.6 Å². The molecule has 27 heavy (non-hydrogen) atoms. The van der Waals surface area contributed by atoms with E-state index in [0.717, 1.165) is 31.5 Å². The maximum absolute atomic E-state index is 12.7. The third-order valence-electron chi connectivity index (χ3n) is 4.74. The minimum atomic E-state index is -0.120. The van der Waals surface area contributed by atoms with Crippen LogP contribution in [0.4, 0.5) is 5.69 Å². The number of nitrogens with one attached hydrogen (secondary N) is 2. The Bertz CT molecular complexity index is 753. The largest absolute Gasteiger partial charge is 0.339 e. The lowest BCUT2D eigenvalue weighted by atomic mass is 10.1. The van der Waals surface area contributed by atoms with Crippen LogP contribution in [0, 0.1) is 0 Å². The van der Waals surface area contributed by atoms with Crippen LogP contribution >= 0.6 is 0 Å². The molecule has 0 unspecified atom stereocenters. The molecule has 0 aliphatic carbocycles. The number of likely N-dealkylation sites (tertiary alicyclic amines) is 1. The van der Waals surface area contributed by atoms with Gasteiger partial charge < -0.3 is 15.5 Å². The summed E-state index contributed by atoms with van der Waals surface area (Å²) in [4.78, 5) is 26.8. The van der Waals surface area contributed by atoms with Crippen LogP contribution < -0.4 is 10.6 Å². The molecule has 142 valence electrons. The first kappa shape index (κ1) is 19.1. The summed E-state index contributed by atoms with van der Waals surface area (Å²) in [5.74, 6) is -0.0690. The molecule has 0 bridgehead atoms. The van der Waals surface area contributed by atoms with Crippen LogP contribution in [0.1, 0.15) is 41.6 Å². The molecule has 0 spiro atoms. The lowest BCUT2D eigenvalue weighted by Crippen LogP contribution is -2.32. The first-order chi connectivity index (χ1) is 13.2. The van der Waals surface area contributed by atoms with E-state index in [0.29, 0.717) is 17.8 Å². The van der Waals surface area contributed by atoms with Crippen molar-refractivity contribution in [2.75, 3.05) is 25.0 Å². The molecule has 2 amide bonds. The van der Waals surface area contributed by atoms with Crippen LogP contribution in [-0.2, 0) is 11.3 Å². The highest BCUT2D eigenvalue weighted by Crippen LogP contribution is 2.16. The Morgan fingerprint density at radius 1 is 0.889 bits per heavy atom. The van der Waals surface area contributed by atoms with Crippen LogP contribution in [0.5, 0.6) is 0 Å². The van der Waals surface area contributed by atoms with Crippen molar-refractivity contribution in [3.8, 4) is 0 Å². The number of carbonyl (C=O) groups excluding carboxylic acids is 2. The summed E-state index contributed by atoms with van der Waals surface area (Å²) < 4.78 is 0. The summed E-state index contributed by atoms with van der Waals surface area (Å²) >= 11 is 0. The average molecular weight is 365 g/mol. The molecular formula is C22H27N3O2. The molecule has 2 aromatic rings. The molecule has 1 fully saturated rings. The van der Waals surface area contributed by atoms with Gasteiger partial charge in [0.05, 0.1) is 6.54 Å². The smallest absolute Gasteiger partial charge is 0.253 e. The maximum atomic E-state index is 12.7. The van der Waals surface area contributed by atoms with Gasteiger partial charge in [0.25, 0.3) is 5.91 Å². The molecule has 1 heterocycles. The van der Waals surface area contributed by atoms with Gasteiger partial charge in [-0.2, -0.15) is 0 Å². The molecule has 5 nitrogen and oxygen atoms in total. The topological polar surface area (TPSA) is 61.4 Å². The summed E-state index contributed by atoms with van der Waals surface area (Å²) in [6.45, 7) is 2.50. The maximum Gasteiger partial charge on any atom is 0.253 e. The Hall–Kier alpha value is -2.66. The first-order valence-electron chi connectivity index (χ1n) is 9.66. The Balaban J connectivity index is 1.52. The van der Waals surface area contributed by atoms with Gasteiger partial charge in [0, 0.05) is 30.9 Å². The van der Waals surface area contributed by atoms with Crippen molar-refractivity contribution in [1.82, 2.24) is 10.2 Å². The van der Waals surface area contributed by atoms with Gasteiger partial charge in [0.2, 0.25) is 5.91 Å². The molecular weight excluding hydrogens is 338 g/mol. The fourth-order valence-electron chi connectivity index (χ4n) is 3.31. The zero-order valence-corrected chi connectivity index (χ0v) is 15.6. The second kappa shape index (κ2) is 9.88. The zero-order valence-electron chi connectivity index (χ0n) is 15.6. The summed E-state index contributed by atoms with van der Waals surface area (Å²) in [7, 11) is 0. The summed E-state index contributed by atoms with van der Waals surface area (Å²) in [5.41, 5.74) is 2.42. The van der Waals surface area contributed by atoms with E-state index in [1.807, 2.05) is 53.4 Å². The summed E-state index contributed by atoms with van der Waals surface area (Å²) in [6.07, 6.45) is 4.51. The van der Waals surface area contributed by atoms with Crippen molar-refractivity contribution in [3.05, 3.63) is 65.7 Å². The van der Waals surface area contributed by atoms with Gasteiger partial charge in [-0.25, -0.2) is 0 Å². The SMILES string of the molecule is O=C(CNCc1ccccc1)Nc1cccc(C(=O)N2CCCCCC2)c1. The Morgan fingerprint density at radius 2 is 1.63 bits per heavy atom. The van der Waals surface area contributed by atoms with E-state index < -0.39 is 0 Å². The number of nitrogens with zero attached hydrogens (tertiary/aromatic N) is 1. The molecule has 5 heteroatoms. The monoisotopic (exact) mass is 365 g/mol. The number of rotatable bonds is 6. The van der Waals surface area contributed by atoms with Crippen molar-refractivity contribution in [2.24, 2.45) is 0 Å². The predicted octanol–water partition coefficient (Wildman–Crippen LogP) is 3.43. The molecule has 3 rings (SSSR count). The van der Waals surface area contributed by atoms with Gasteiger partial charge in [-0.3, -0.25) is 9.59 Å². The first-order valence-corrected chi connectivity index (χ1v) is 9.66. The minimum absolute atomic E-state index is 0.0511. The minimum Gasteiger partial charge on any atom is -0.339 e. The van der Waals surface area contributed by atoms with E-state index in [4.69, 9.17) is 0 Å². The van der Waals surface area contributed by atoms with Crippen molar-refractivity contribution in [2.45, 2.75) is 32.2 Å². The second-order valence-electron chi connectivity index (χ2n) is 6.92. The van der Waals surface area contributed by atoms with E-state index >= 15 is 0 Å². The number of amides is 2. The van der Waals surface area contributed by atoms with E-state index in [9.17, 15) is 9.59 Å². The van der Waals surface area contributed by atoms with Gasteiger partial charge in [0.15, 0.2) is 0 Å². The standard InChI is InChI=1S/C22H27N3O2/c26-21(17-23-16-18-9-4-3-5-10-18)24-20-12-8-11-19(15-20)22(27)25-13-6-1-2-7-14-25/h3-5,8-12,15,23H,1-2,6-7,13-14,16-17H2,(H,24,26). The second-order valence-corrected chi connectivity index (χ2v) is 6.92. The number of hydrogen-bond donors (Lipinski definition) is 2. The van der Waals surface area contributed by atoms with E-state index in [-0.39, 0.29) is 18.4 Å². The third kappa shape index (κ3) is 5.93. The van der Waals surface area contributed by atoms with Crippen molar-refractivity contribution in [1.29, 1.82) is 0 Å².